The third-order valence-electron chi connectivity index (χ3n) is 4.37. The summed E-state index contributed by atoms with van der Waals surface area (Å²) in [5.41, 5.74) is 3.40. The Hall–Kier alpha value is -1.65. The van der Waals surface area contributed by atoms with Gasteiger partial charge in [-0.25, -0.2) is 4.98 Å². The average Bonchev–Trinajstić information content (AvgIpc) is 2.88. The molecule has 0 aliphatic heterocycles. The van der Waals surface area contributed by atoms with E-state index >= 15 is 0 Å². The standard InChI is InChI=1S/C20H23ClN2OS/c1-12-16(13-7-9-14(10-8-13)20(2,3)4)17-18(24)22-15(6-5-11-21)23-19(17)25-12/h7-10H,5-6,11H2,1-4H3,(H,22,23,24). The van der Waals surface area contributed by atoms with Gasteiger partial charge < -0.3 is 4.98 Å². The summed E-state index contributed by atoms with van der Waals surface area (Å²) in [6.07, 6.45) is 1.50. The number of alkyl halides is 1. The molecule has 0 amide bonds. The average molecular weight is 375 g/mol. The molecule has 2 aromatic heterocycles. The molecule has 0 atom stereocenters. The monoisotopic (exact) mass is 374 g/mol. The molecule has 0 saturated heterocycles. The van der Waals surface area contributed by atoms with Crippen molar-refractivity contribution in [2.24, 2.45) is 0 Å². The van der Waals surface area contributed by atoms with E-state index in [1.807, 2.05) is 0 Å². The highest BCUT2D eigenvalue weighted by Gasteiger charge is 2.18. The van der Waals surface area contributed by atoms with Crippen molar-refractivity contribution in [3.8, 4) is 11.1 Å². The lowest BCUT2D eigenvalue weighted by Gasteiger charge is -2.19. The van der Waals surface area contributed by atoms with Gasteiger partial charge in [-0.15, -0.1) is 22.9 Å². The van der Waals surface area contributed by atoms with E-state index in [1.54, 1.807) is 11.3 Å². The summed E-state index contributed by atoms with van der Waals surface area (Å²) in [6, 6.07) is 8.51. The number of aromatic amines is 1. The van der Waals surface area contributed by atoms with Gasteiger partial charge in [0.05, 0.1) is 5.39 Å². The van der Waals surface area contributed by atoms with Crippen molar-refractivity contribution < 1.29 is 0 Å². The van der Waals surface area contributed by atoms with Crippen molar-refractivity contribution in [2.45, 2.75) is 46.0 Å². The minimum atomic E-state index is -0.0613. The van der Waals surface area contributed by atoms with Gasteiger partial charge in [0.15, 0.2) is 0 Å². The van der Waals surface area contributed by atoms with Crippen molar-refractivity contribution in [3.05, 3.63) is 50.9 Å². The van der Waals surface area contributed by atoms with Crippen LogP contribution in [0, 0.1) is 6.92 Å². The molecule has 3 aromatic rings. The zero-order valence-corrected chi connectivity index (χ0v) is 16.6. The first-order chi connectivity index (χ1) is 11.8. The third kappa shape index (κ3) is 3.65. The summed E-state index contributed by atoms with van der Waals surface area (Å²) in [4.78, 5) is 22.2. The molecular weight excluding hydrogens is 352 g/mol. The van der Waals surface area contributed by atoms with Crippen LogP contribution in [0.1, 0.15) is 43.5 Å². The molecule has 0 aliphatic rings. The Bertz CT molecular complexity index is 949. The number of fused-ring (bicyclic) bond motifs is 1. The Balaban J connectivity index is 2.10. The van der Waals surface area contributed by atoms with Crippen LogP contribution in [0.5, 0.6) is 0 Å². The number of nitrogens with one attached hydrogen (secondary N) is 1. The molecule has 0 radical (unpaired) electrons. The Labute approximate surface area is 157 Å². The van der Waals surface area contributed by atoms with E-state index in [2.05, 4.69) is 61.9 Å². The molecule has 2 heterocycles. The van der Waals surface area contributed by atoms with E-state index < -0.39 is 0 Å². The molecule has 3 rings (SSSR count). The number of H-pyrrole nitrogens is 1. The van der Waals surface area contributed by atoms with Crippen LogP contribution in [0.2, 0.25) is 0 Å². The minimum Gasteiger partial charge on any atom is -0.310 e. The van der Waals surface area contributed by atoms with Gasteiger partial charge in [0, 0.05) is 22.7 Å². The number of benzene rings is 1. The van der Waals surface area contributed by atoms with Crippen molar-refractivity contribution in [1.82, 2.24) is 9.97 Å². The van der Waals surface area contributed by atoms with Gasteiger partial charge in [-0.05, 0) is 29.9 Å². The predicted molar refractivity (Wildman–Crippen MR) is 108 cm³/mol. The normalized spacial score (nSPS) is 12.0. The van der Waals surface area contributed by atoms with Crippen molar-refractivity contribution in [3.63, 3.8) is 0 Å². The van der Waals surface area contributed by atoms with Crippen LogP contribution >= 0.6 is 22.9 Å². The number of rotatable bonds is 4. The molecule has 3 nitrogen and oxygen atoms in total. The molecule has 1 aromatic carbocycles. The molecular formula is C20H23ClN2OS. The molecule has 0 unspecified atom stereocenters. The van der Waals surface area contributed by atoms with E-state index in [9.17, 15) is 4.79 Å². The first kappa shape index (κ1) is 18.2. The van der Waals surface area contributed by atoms with Crippen molar-refractivity contribution in [1.29, 1.82) is 0 Å². The van der Waals surface area contributed by atoms with Gasteiger partial charge in [0.25, 0.3) is 5.56 Å². The first-order valence-corrected chi connectivity index (χ1v) is 9.85. The van der Waals surface area contributed by atoms with E-state index in [1.165, 1.54) is 5.56 Å². The second kappa shape index (κ2) is 6.93. The topological polar surface area (TPSA) is 45.8 Å². The van der Waals surface area contributed by atoms with Crippen LogP contribution in [-0.2, 0) is 11.8 Å². The molecule has 1 N–H and O–H groups in total. The molecule has 0 saturated carbocycles. The molecule has 0 spiro atoms. The minimum absolute atomic E-state index is 0.0613. The number of hydrogen-bond acceptors (Lipinski definition) is 3. The van der Waals surface area contributed by atoms with Crippen LogP contribution in [0.4, 0.5) is 0 Å². The number of halogens is 1. The SMILES string of the molecule is Cc1sc2nc(CCCCl)[nH]c(=O)c2c1-c1ccc(C(C)(C)C)cc1. The number of aromatic nitrogens is 2. The lowest BCUT2D eigenvalue weighted by atomic mass is 9.86. The van der Waals surface area contributed by atoms with Crippen molar-refractivity contribution >= 4 is 33.2 Å². The first-order valence-electron chi connectivity index (χ1n) is 8.50. The van der Waals surface area contributed by atoms with E-state index in [0.29, 0.717) is 23.5 Å². The van der Waals surface area contributed by atoms with Gasteiger partial charge in [-0.3, -0.25) is 4.79 Å². The van der Waals surface area contributed by atoms with Crippen LogP contribution < -0.4 is 5.56 Å². The molecule has 5 heteroatoms. The van der Waals surface area contributed by atoms with Crippen LogP contribution in [0.15, 0.2) is 29.1 Å². The molecule has 0 fully saturated rings. The molecule has 0 aliphatic carbocycles. The second-order valence-electron chi connectivity index (χ2n) is 7.35. The predicted octanol–water partition coefficient (Wildman–Crippen LogP) is 5.43. The Morgan fingerprint density at radius 2 is 1.88 bits per heavy atom. The summed E-state index contributed by atoms with van der Waals surface area (Å²) >= 11 is 7.33. The Kier molecular flexibility index (Phi) is 5.03. The maximum absolute atomic E-state index is 12.7. The number of aryl methyl sites for hydroxylation is 2. The van der Waals surface area contributed by atoms with Gasteiger partial charge in [0.2, 0.25) is 0 Å². The van der Waals surface area contributed by atoms with Crippen LogP contribution in [0.25, 0.3) is 21.3 Å². The maximum Gasteiger partial charge on any atom is 0.260 e. The molecule has 0 bridgehead atoms. The zero-order valence-electron chi connectivity index (χ0n) is 15.1. The van der Waals surface area contributed by atoms with E-state index in [-0.39, 0.29) is 11.0 Å². The fourth-order valence-corrected chi connectivity index (χ4v) is 4.20. The number of hydrogen-bond donors (Lipinski definition) is 1. The zero-order chi connectivity index (χ0) is 18.2. The summed E-state index contributed by atoms with van der Waals surface area (Å²) in [6.45, 7) is 8.65. The summed E-state index contributed by atoms with van der Waals surface area (Å²) in [7, 11) is 0. The third-order valence-corrected chi connectivity index (χ3v) is 5.64. The van der Waals surface area contributed by atoms with E-state index in [4.69, 9.17) is 11.6 Å². The maximum atomic E-state index is 12.7. The molecule has 132 valence electrons. The second-order valence-corrected chi connectivity index (χ2v) is 8.93. The lowest BCUT2D eigenvalue weighted by Crippen LogP contribution is -2.12. The fourth-order valence-electron chi connectivity index (χ4n) is 3.00. The van der Waals surface area contributed by atoms with Crippen LogP contribution in [-0.4, -0.2) is 15.8 Å². The number of thiophene rings is 1. The smallest absolute Gasteiger partial charge is 0.260 e. The van der Waals surface area contributed by atoms with Crippen LogP contribution in [0.3, 0.4) is 0 Å². The van der Waals surface area contributed by atoms with E-state index in [0.717, 1.165) is 27.3 Å². The Morgan fingerprint density at radius 3 is 2.48 bits per heavy atom. The largest absolute Gasteiger partial charge is 0.310 e. The lowest BCUT2D eigenvalue weighted by molar-refractivity contribution is 0.590. The summed E-state index contributed by atoms with van der Waals surface area (Å²) < 4.78 is 0. The highest BCUT2D eigenvalue weighted by Crippen LogP contribution is 2.36. The highest BCUT2D eigenvalue weighted by molar-refractivity contribution is 7.19. The quantitative estimate of drug-likeness (QED) is 0.619. The Morgan fingerprint density at radius 1 is 1.20 bits per heavy atom. The molecule has 25 heavy (non-hydrogen) atoms. The van der Waals surface area contributed by atoms with Gasteiger partial charge in [-0.1, -0.05) is 45.0 Å². The van der Waals surface area contributed by atoms with Gasteiger partial charge >= 0.3 is 0 Å². The summed E-state index contributed by atoms with van der Waals surface area (Å²) in [5.74, 6) is 1.28. The highest BCUT2D eigenvalue weighted by atomic mass is 35.5. The summed E-state index contributed by atoms with van der Waals surface area (Å²) in [5, 5.41) is 0.695. The number of nitrogens with zero attached hydrogens (tertiary/aromatic N) is 1. The van der Waals surface area contributed by atoms with Gasteiger partial charge in [-0.2, -0.15) is 0 Å². The van der Waals surface area contributed by atoms with Crippen molar-refractivity contribution in [2.75, 3.05) is 5.88 Å². The fraction of sp³-hybridized carbons (Fsp3) is 0.400. The van der Waals surface area contributed by atoms with Gasteiger partial charge in [0.1, 0.15) is 10.7 Å².